The molecule has 1 aliphatic rings. The van der Waals surface area contributed by atoms with E-state index in [4.69, 9.17) is 5.73 Å². The SMILES string of the molecule is CC(C)(C)C(N)Cn1ncc(N2CCCCC2)cc1=O. The van der Waals surface area contributed by atoms with Crippen LogP contribution in [0.5, 0.6) is 0 Å². The zero-order chi connectivity index (χ0) is 14.8. The Morgan fingerprint density at radius 3 is 2.50 bits per heavy atom. The average molecular weight is 278 g/mol. The van der Waals surface area contributed by atoms with Crippen molar-refractivity contribution in [3.63, 3.8) is 0 Å². The van der Waals surface area contributed by atoms with Gasteiger partial charge in [0, 0.05) is 25.2 Å². The summed E-state index contributed by atoms with van der Waals surface area (Å²) >= 11 is 0. The van der Waals surface area contributed by atoms with Crippen molar-refractivity contribution in [3.05, 3.63) is 22.6 Å². The maximum Gasteiger partial charge on any atom is 0.268 e. The summed E-state index contributed by atoms with van der Waals surface area (Å²) in [5.41, 5.74) is 6.97. The molecule has 1 aliphatic heterocycles. The van der Waals surface area contributed by atoms with Gasteiger partial charge in [0.05, 0.1) is 18.4 Å². The van der Waals surface area contributed by atoms with E-state index < -0.39 is 0 Å². The number of aromatic nitrogens is 2. The summed E-state index contributed by atoms with van der Waals surface area (Å²) in [7, 11) is 0. The molecule has 0 spiro atoms. The van der Waals surface area contributed by atoms with Gasteiger partial charge in [-0.05, 0) is 24.7 Å². The first-order valence-electron chi connectivity index (χ1n) is 7.45. The van der Waals surface area contributed by atoms with Crippen molar-refractivity contribution < 1.29 is 0 Å². The van der Waals surface area contributed by atoms with E-state index >= 15 is 0 Å². The predicted molar refractivity (Wildman–Crippen MR) is 82.0 cm³/mol. The second kappa shape index (κ2) is 5.95. The van der Waals surface area contributed by atoms with Crippen LogP contribution in [0.1, 0.15) is 40.0 Å². The molecule has 1 saturated heterocycles. The first kappa shape index (κ1) is 15.0. The molecule has 5 nitrogen and oxygen atoms in total. The first-order chi connectivity index (χ1) is 9.38. The van der Waals surface area contributed by atoms with E-state index in [0.717, 1.165) is 18.8 Å². The molecule has 0 aliphatic carbocycles. The van der Waals surface area contributed by atoms with Crippen molar-refractivity contribution in [3.8, 4) is 0 Å². The molecule has 2 rings (SSSR count). The molecule has 2 heterocycles. The summed E-state index contributed by atoms with van der Waals surface area (Å²) in [4.78, 5) is 14.4. The molecular formula is C15H26N4O. The maximum absolute atomic E-state index is 12.2. The van der Waals surface area contributed by atoms with Gasteiger partial charge in [0.2, 0.25) is 0 Å². The molecular weight excluding hydrogens is 252 g/mol. The lowest BCUT2D eigenvalue weighted by atomic mass is 9.87. The molecule has 1 atom stereocenters. The van der Waals surface area contributed by atoms with Gasteiger partial charge in [-0.1, -0.05) is 20.8 Å². The standard InChI is InChI=1S/C15H26N4O/c1-15(2,3)13(16)11-19-14(20)9-12(10-17-19)18-7-5-4-6-8-18/h9-10,13H,4-8,11,16H2,1-3H3. The fraction of sp³-hybridized carbons (Fsp3) is 0.733. The molecule has 1 aromatic rings. The molecule has 0 aromatic carbocycles. The van der Waals surface area contributed by atoms with Gasteiger partial charge in [-0.25, -0.2) is 4.68 Å². The van der Waals surface area contributed by atoms with Crippen LogP contribution in [0.2, 0.25) is 0 Å². The summed E-state index contributed by atoms with van der Waals surface area (Å²) in [6, 6.07) is 1.60. The van der Waals surface area contributed by atoms with Gasteiger partial charge in [0.25, 0.3) is 5.56 Å². The van der Waals surface area contributed by atoms with E-state index in [2.05, 4.69) is 30.8 Å². The lowest BCUT2D eigenvalue weighted by molar-refractivity contribution is 0.279. The molecule has 1 fully saturated rings. The smallest absolute Gasteiger partial charge is 0.268 e. The third-order valence-corrected chi connectivity index (χ3v) is 4.06. The van der Waals surface area contributed by atoms with Crippen LogP contribution in [0, 0.1) is 5.41 Å². The van der Waals surface area contributed by atoms with Gasteiger partial charge >= 0.3 is 0 Å². The molecule has 5 heteroatoms. The van der Waals surface area contributed by atoms with Crippen LogP contribution in [0.3, 0.4) is 0 Å². The highest BCUT2D eigenvalue weighted by Crippen LogP contribution is 2.19. The number of hydrogen-bond donors (Lipinski definition) is 1. The maximum atomic E-state index is 12.2. The molecule has 0 bridgehead atoms. The molecule has 0 amide bonds. The monoisotopic (exact) mass is 278 g/mol. The highest BCUT2D eigenvalue weighted by atomic mass is 16.1. The Morgan fingerprint density at radius 2 is 1.95 bits per heavy atom. The normalized spacial score (nSPS) is 18.1. The Balaban J connectivity index is 2.11. The van der Waals surface area contributed by atoms with Gasteiger partial charge in [-0.15, -0.1) is 0 Å². The van der Waals surface area contributed by atoms with E-state index in [9.17, 15) is 4.79 Å². The molecule has 1 aromatic heterocycles. The largest absolute Gasteiger partial charge is 0.370 e. The Hall–Kier alpha value is -1.36. The predicted octanol–water partition coefficient (Wildman–Crippen LogP) is 1.61. The first-order valence-corrected chi connectivity index (χ1v) is 7.45. The number of nitrogens with two attached hydrogens (primary N) is 1. The van der Waals surface area contributed by atoms with Crippen LogP contribution in [-0.4, -0.2) is 28.9 Å². The van der Waals surface area contributed by atoms with Crippen molar-refractivity contribution in [2.75, 3.05) is 18.0 Å². The minimum Gasteiger partial charge on any atom is -0.370 e. The third-order valence-electron chi connectivity index (χ3n) is 4.06. The van der Waals surface area contributed by atoms with Crippen LogP contribution in [0.4, 0.5) is 5.69 Å². The summed E-state index contributed by atoms with van der Waals surface area (Å²) in [5, 5.41) is 4.29. The van der Waals surface area contributed by atoms with E-state index in [0.29, 0.717) is 6.54 Å². The topological polar surface area (TPSA) is 64.2 Å². The highest BCUT2D eigenvalue weighted by Gasteiger charge is 2.22. The van der Waals surface area contributed by atoms with Crippen molar-refractivity contribution >= 4 is 5.69 Å². The number of nitrogens with zero attached hydrogens (tertiary/aromatic N) is 3. The minimum absolute atomic E-state index is 0.0351. The van der Waals surface area contributed by atoms with E-state index in [1.807, 2.05) is 0 Å². The van der Waals surface area contributed by atoms with Crippen LogP contribution in [0.25, 0.3) is 0 Å². The van der Waals surface area contributed by atoms with Crippen molar-refractivity contribution in [1.82, 2.24) is 9.78 Å². The quantitative estimate of drug-likeness (QED) is 0.912. The Morgan fingerprint density at radius 1 is 1.30 bits per heavy atom. The lowest BCUT2D eigenvalue weighted by Crippen LogP contribution is -2.42. The zero-order valence-electron chi connectivity index (χ0n) is 12.8. The number of piperidine rings is 1. The van der Waals surface area contributed by atoms with Crippen molar-refractivity contribution in [1.29, 1.82) is 0 Å². The molecule has 112 valence electrons. The number of hydrogen-bond acceptors (Lipinski definition) is 4. The van der Waals surface area contributed by atoms with Gasteiger partial charge in [0.1, 0.15) is 0 Å². The van der Waals surface area contributed by atoms with Crippen LogP contribution >= 0.6 is 0 Å². The second-order valence-electron chi connectivity index (χ2n) is 6.75. The molecule has 0 saturated carbocycles. The Kier molecular flexibility index (Phi) is 4.48. The van der Waals surface area contributed by atoms with Gasteiger partial charge in [-0.2, -0.15) is 5.10 Å². The van der Waals surface area contributed by atoms with Crippen LogP contribution in [0.15, 0.2) is 17.1 Å². The number of anilines is 1. The second-order valence-corrected chi connectivity index (χ2v) is 6.75. The minimum atomic E-state index is -0.0893. The molecule has 2 N–H and O–H groups in total. The van der Waals surface area contributed by atoms with E-state index in [1.54, 1.807) is 12.3 Å². The summed E-state index contributed by atoms with van der Waals surface area (Å²) in [6.45, 7) is 8.72. The fourth-order valence-electron chi connectivity index (χ4n) is 2.35. The summed E-state index contributed by atoms with van der Waals surface area (Å²) < 4.78 is 1.48. The zero-order valence-corrected chi connectivity index (χ0v) is 12.8. The highest BCUT2D eigenvalue weighted by molar-refractivity contribution is 5.43. The van der Waals surface area contributed by atoms with Gasteiger partial charge in [-0.3, -0.25) is 4.79 Å². The van der Waals surface area contributed by atoms with Crippen LogP contribution in [-0.2, 0) is 6.54 Å². The molecule has 0 radical (unpaired) electrons. The Labute approximate surface area is 120 Å². The van der Waals surface area contributed by atoms with Crippen LogP contribution < -0.4 is 16.2 Å². The third kappa shape index (κ3) is 3.60. The summed E-state index contributed by atoms with van der Waals surface area (Å²) in [6.07, 6.45) is 5.46. The summed E-state index contributed by atoms with van der Waals surface area (Å²) in [5.74, 6) is 0. The van der Waals surface area contributed by atoms with Gasteiger partial charge in [0.15, 0.2) is 0 Å². The lowest BCUT2D eigenvalue weighted by Gasteiger charge is -2.29. The fourth-order valence-corrected chi connectivity index (χ4v) is 2.35. The van der Waals surface area contributed by atoms with Gasteiger partial charge < -0.3 is 10.6 Å². The van der Waals surface area contributed by atoms with E-state index in [-0.39, 0.29) is 17.0 Å². The van der Waals surface area contributed by atoms with Crippen molar-refractivity contribution in [2.45, 2.75) is 52.6 Å². The molecule has 20 heavy (non-hydrogen) atoms. The number of rotatable bonds is 3. The van der Waals surface area contributed by atoms with E-state index in [1.165, 1.54) is 23.9 Å². The molecule has 1 unspecified atom stereocenters. The average Bonchev–Trinajstić information content (AvgIpc) is 2.41. The van der Waals surface area contributed by atoms with Crippen molar-refractivity contribution in [2.24, 2.45) is 11.1 Å². The Bertz CT molecular complexity index is 497.